The largest absolute Gasteiger partial charge is 0.389 e. The SMILES string of the molecule is Cc1cccc(C(N)=S)c1N(CC1CC1)C1CC1. The average Bonchev–Trinajstić information content (AvgIpc) is 3.19. The summed E-state index contributed by atoms with van der Waals surface area (Å²) in [5.41, 5.74) is 9.54. The molecule has 0 aromatic heterocycles. The van der Waals surface area contributed by atoms with E-state index in [2.05, 4.69) is 30.0 Å². The van der Waals surface area contributed by atoms with E-state index >= 15 is 0 Å². The smallest absolute Gasteiger partial charge is 0.106 e. The molecule has 3 heteroatoms. The first kappa shape index (κ1) is 12.0. The standard InChI is InChI=1S/C15H20N2S/c1-10-3-2-4-13(15(16)18)14(10)17(12-7-8-12)9-11-5-6-11/h2-4,11-12H,5-9H2,1H3,(H2,16,18). The summed E-state index contributed by atoms with van der Waals surface area (Å²) in [6.07, 6.45) is 5.41. The van der Waals surface area contributed by atoms with Gasteiger partial charge in [0.25, 0.3) is 0 Å². The fraction of sp³-hybridized carbons (Fsp3) is 0.533. The molecule has 1 aromatic rings. The van der Waals surface area contributed by atoms with Gasteiger partial charge in [0, 0.05) is 18.2 Å². The molecule has 0 unspecified atom stereocenters. The molecule has 2 aliphatic rings. The molecule has 2 nitrogen and oxygen atoms in total. The molecule has 18 heavy (non-hydrogen) atoms. The lowest BCUT2D eigenvalue weighted by atomic mass is 10.1. The second-order valence-corrected chi connectivity index (χ2v) is 6.10. The van der Waals surface area contributed by atoms with Crippen molar-refractivity contribution in [3.8, 4) is 0 Å². The van der Waals surface area contributed by atoms with Crippen molar-refractivity contribution in [2.75, 3.05) is 11.4 Å². The van der Waals surface area contributed by atoms with Gasteiger partial charge in [0.2, 0.25) is 0 Å². The summed E-state index contributed by atoms with van der Waals surface area (Å²) in [4.78, 5) is 3.09. The number of nitrogens with two attached hydrogens (primary N) is 1. The number of nitrogens with zero attached hydrogens (tertiary/aromatic N) is 1. The van der Waals surface area contributed by atoms with E-state index < -0.39 is 0 Å². The normalized spacial score (nSPS) is 18.7. The third-order valence-corrected chi connectivity index (χ3v) is 4.15. The zero-order valence-corrected chi connectivity index (χ0v) is 11.7. The Balaban J connectivity index is 1.98. The van der Waals surface area contributed by atoms with Gasteiger partial charge in [-0.1, -0.05) is 24.4 Å². The lowest BCUT2D eigenvalue weighted by Crippen LogP contribution is -2.31. The molecule has 0 bridgehead atoms. The van der Waals surface area contributed by atoms with Crippen molar-refractivity contribution >= 4 is 22.9 Å². The van der Waals surface area contributed by atoms with Crippen molar-refractivity contribution in [1.29, 1.82) is 0 Å². The molecule has 2 saturated carbocycles. The molecular formula is C15H20N2S. The first-order valence-corrected chi connectivity index (χ1v) is 7.23. The lowest BCUT2D eigenvalue weighted by Gasteiger charge is -2.28. The minimum absolute atomic E-state index is 0.523. The van der Waals surface area contributed by atoms with Crippen molar-refractivity contribution in [2.24, 2.45) is 11.7 Å². The fourth-order valence-corrected chi connectivity index (χ4v) is 2.79. The third kappa shape index (κ3) is 2.37. The van der Waals surface area contributed by atoms with Crippen LogP contribution < -0.4 is 10.6 Å². The van der Waals surface area contributed by atoms with Crippen LogP contribution in [0.4, 0.5) is 5.69 Å². The van der Waals surface area contributed by atoms with Crippen LogP contribution in [0, 0.1) is 12.8 Å². The Morgan fingerprint density at radius 1 is 1.33 bits per heavy atom. The van der Waals surface area contributed by atoms with Gasteiger partial charge < -0.3 is 10.6 Å². The van der Waals surface area contributed by atoms with E-state index in [-0.39, 0.29) is 0 Å². The Morgan fingerprint density at radius 3 is 2.61 bits per heavy atom. The van der Waals surface area contributed by atoms with Crippen molar-refractivity contribution < 1.29 is 0 Å². The van der Waals surface area contributed by atoms with Crippen LogP contribution >= 0.6 is 12.2 Å². The summed E-state index contributed by atoms with van der Waals surface area (Å²) >= 11 is 5.22. The number of rotatable bonds is 5. The Hall–Kier alpha value is -1.09. The predicted molar refractivity (Wildman–Crippen MR) is 80.2 cm³/mol. The van der Waals surface area contributed by atoms with E-state index in [1.807, 2.05) is 0 Å². The van der Waals surface area contributed by atoms with Crippen molar-refractivity contribution in [2.45, 2.75) is 38.6 Å². The van der Waals surface area contributed by atoms with Crippen LogP contribution in [-0.2, 0) is 0 Å². The van der Waals surface area contributed by atoms with Crippen molar-refractivity contribution in [1.82, 2.24) is 0 Å². The predicted octanol–water partition coefficient (Wildman–Crippen LogP) is 3.01. The van der Waals surface area contributed by atoms with Gasteiger partial charge in [0.05, 0.1) is 5.69 Å². The molecule has 0 saturated heterocycles. The van der Waals surface area contributed by atoms with Gasteiger partial charge in [-0.3, -0.25) is 0 Å². The van der Waals surface area contributed by atoms with E-state index in [9.17, 15) is 0 Å². The maximum absolute atomic E-state index is 5.89. The molecule has 0 aliphatic heterocycles. The molecular weight excluding hydrogens is 240 g/mol. The number of thiocarbonyl (C=S) groups is 1. The van der Waals surface area contributed by atoms with Crippen LogP contribution in [0.25, 0.3) is 0 Å². The maximum atomic E-state index is 5.89. The highest BCUT2D eigenvalue weighted by Crippen LogP contribution is 2.40. The molecule has 0 spiro atoms. The van der Waals surface area contributed by atoms with Gasteiger partial charge in [-0.05, 0) is 50.2 Å². The van der Waals surface area contributed by atoms with E-state index in [0.717, 1.165) is 17.5 Å². The van der Waals surface area contributed by atoms with E-state index in [4.69, 9.17) is 18.0 Å². The van der Waals surface area contributed by atoms with Crippen LogP contribution in [0.1, 0.15) is 36.8 Å². The third-order valence-electron chi connectivity index (χ3n) is 3.93. The lowest BCUT2D eigenvalue weighted by molar-refractivity contribution is 0.716. The monoisotopic (exact) mass is 260 g/mol. The summed E-state index contributed by atoms with van der Waals surface area (Å²) in [6, 6.07) is 7.00. The first-order chi connectivity index (χ1) is 8.66. The maximum Gasteiger partial charge on any atom is 0.106 e. The summed E-state index contributed by atoms with van der Waals surface area (Å²) < 4.78 is 0. The van der Waals surface area contributed by atoms with Crippen LogP contribution in [-0.4, -0.2) is 17.6 Å². The van der Waals surface area contributed by atoms with Gasteiger partial charge in [0.1, 0.15) is 4.99 Å². The molecule has 1 aromatic carbocycles. The minimum Gasteiger partial charge on any atom is -0.389 e. The second kappa shape index (κ2) is 4.54. The number of para-hydroxylation sites is 1. The van der Waals surface area contributed by atoms with Crippen LogP contribution in [0.3, 0.4) is 0 Å². The van der Waals surface area contributed by atoms with E-state index in [1.54, 1.807) is 0 Å². The van der Waals surface area contributed by atoms with Crippen molar-refractivity contribution in [3.05, 3.63) is 29.3 Å². The molecule has 2 fully saturated rings. The quantitative estimate of drug-likeness (QED) is 0.825. The topological polar surface area (TPSA) is 29.3 Å². The fourth-order valence-electron chi connectivity index (χ4n) is 2.63. The summed E-state index contributed by atoms with van der Waals surface area (Å²) in [7, 11) is 0. The van der Waals surface area contributed by atoms with E-state index in [0.29, 0.717) is 4.99 Å². The molecule has 0 atom stereocenters. The highest BCUT2D eigenvalue weighted by molar-refractivity contribution is 7.80. The summed E-state index contributed by atoms with van der Waals surface area (Å²) in [6.45, 7) is 3.35. The van der Waals surface area contributed by atoms with Gasteiger partial charge in [-0.25, -0.2) is 0 Å². The molecule has 0 heterocycles. The van der Waals surface area contributed by atoms with Crippen LogP contribution in [0.5, 0.6) is 0 Å². The molecule has 96 valence electrons. The van der Waals surface area contributed by atoms with Gasteiger partial charge in [0.15, 0.2) is 0 Å². The average molecular weight is 260 g/mol. The number of anilines is 1. The Labute approximate surface area is 114 Å². The molecule has 0 radical (unpaired) electrons. The minimum atomic E-state index is 0.523. The number of hydrogen-bond donors (Lipinski definition) is 1. The van der Waals surface area contributed by atoms with E-state index in [1.165, 1.54) is 43.5 Å². The zero-order valence-electron chi connectivity index (χ0n) is 10.9. The summed E-state index contributed by atoms with van der Waals surface area (Å²) in [5, 5.41) is 0. The van der Waals surface area contributed by atoms with Gasteiger partial charge in [-0.2, -0.15) is 0 Å². The number of hydrogen-bond acceptors (Lipinski definition) is 2. The Morgan fingerprint density at radius 2 is 2.06 bits per heavy atom. The number of benzene rings is 1. The highest BCUT2D eigenvalue weighted by Gasteiger charge is 2.35. The highest BCUT2D eigenvalue weighted by atomic mass is 32.1. The molecule has 3 rings (SSSR count). The molecule has 2 N–H and O–H groups in total. The molecule has 0 amide bonds. The van der Waals surface area contributed by atoms with Crippen molar-refractivity contribution in [3.63, 3.8) is 0 Å². The van der Waals surface area contributed by atoms with Gasteiger partial charge in [-0.15, -0.1) is 0 Å². The summed E-state index contributed by atoms with van der Waals surface area (Å²) in [5.74, 6) is 0.893. The van der Waals surface area contributed by atoms with Gasteiger partial charge >= 0.3 is 0 Å². The Kier molecular flexibility index (Phi) is 3.02. The Bertz CT molecular complexity index is 475. The zero-order chi connectivity index (χ0) is 12.7. The first-order valence-electron chi connectivity index (χ1n) is 6.83. The second-order valence-electron chi connectivity index (χ2n) is 5.66. The number of aryl methyl sites for hydroxylation is 1. The van der Waals surface area contributed by atoms with Crippen LogP contribution in [0.2, 0.25) is 0 Å². The molecule has 2 aliphatic carbocycles. The van der Waals surface area contributed by atoms with Crippen LogP contribution in [0.15, 0.2) is 18.2 Å².